The maximum Gasteiger partial charge on any atom is 0.333 e. The molecule has 0 aliphatic carbocycles. The van der Waals surface area contributed by atoms with Crippen molar-refractivity contribution in [3.63, 3.8) is 0 Å². The van der Waals surface area contributed by atoms with E-state index >= 15 is 0 Å². The summed E-state index contributed by atoms with van der Waals surface area (Å²) in [5.41, 5.74) is 4.36. The second-order valence-electron chi connectivity index (χ2n) is 1.65. The molecule has 0 saturated heterocycles. The molecule has 0 fully saturated rings. The number of nitrogens with two attached hydrogens (primary N) is 1. The van der Waals surface area contributed by atoms with Gasteiger partial charge in [-0.15, -0.1) is 0 Å². The van der Waals surface area contributed by atoms with E-state index in [4.69, 9.17) is 15.9 Å². The average molecular weight is 145 g/mol. The summed E-state index contributed by atoms with van der Waals surface area (Å²) in [4.78, 5) is 20.0. The van der Waals surface area contributed by atoms with Crippen molar-refractivity contribution >= 4 is 11.9 Å². The molecule has 0 aromatic carbocycles. The van der Waals surface area contributed by atoms with Gasteiger partial charge in [-0.1, -0.05) is 6.58 Å². The van der Waals surface area contributed by atoms with Gasteiger partial charge in [-0.25, -0.2) is 4.79 Å². The molecule has 0 amide bonds. The first-order chi connectivity index (χ1) is 4.46. The number of aliphatic carboxylic acids is 2. The van der Waals surface area contributed by atoms with Gasteiger partial charge >= 0.3 is 11.9 Å². The van der Waals surface area contributed by atoms with Gasteiger partial charge in [0.2, 0.25) is 0 Å². The summed E-state index contributed by atoms with van der Waals surface area (Å²) in [7, 11) is 0. The van der Waals surface area contributed by atoms with Crippen LogP contribution in [0.2, 0.25) is 0 Å². The Balaban J connectivity index is 4.22. The van der Waals surface area contributed by atoms with Crippen molar-refractivity contribution in [3.05, 3.63) is 12.2 Å². The Labute approximate surface area is 56.8 Å². The van der Waals surface area contributed by atoms with Gasteiger partial charge in [0, 0.05) is 0 Å². The first-order valence-corrected chi connectivity index (χ1v) is 2.37. The summed E-state index contributed by atoms with van der Waals surface area (Å²) in [6.07, 6.45) is 0. The Morgan fingerprint density at radius 2 is 1.80 bits per heavy atom. The van der Waals surface area contributed by atoms with Crippen LogP contribution in [0.1, 0.15) is 0 Å². The summed E-state index contributed by atoms with van der Waals surface area (Å²) in [5, 5.41) is 16.3. The molecule has 0 aromatic heterocycles. The quantitative estimate of drug-likeness (QED) is 0.444. The minimum absolute atomic E-state index is 0.521. The fourth-order valence-electron chi connectivity index (χ4n) is 0.282. The van der Waals surface area contributed by atoms with Gasteiger partial charge in [-0.05, 0) is 0 Å². The maximum absolute atomic E-state index is 10.0. The van der Waals surface area contributed by atoms with E-state index in [1.807, 2.05) is 0 Å². The van der Waals surface area contributed by atoms with E-state index in [1.54, 1.807) is 0 Å². The third-order valence-corrected chi connectivity index (χ3v) is 0.916. The standard InChI is InChI=1S/C5H7NO4/c1-2(4(7)8)3(6)5(9)10/h3H,1,6H2,(H,7,8)(H,9,10). The SMILES string of the molecule is C=C(C(=O)O)C(N)C(=O)O. The normalized spacial score (nSPS) is 12.1. The fraction of sp³-hybridized carbons (Fsp3) is 0.200. The van der Waals surface area contributed by atoms with E-state index in [1.165, 1.54) is 0 Å². The molecule has 10 heavy (non-hydrogen) atoms. The molecule has 0 saturated carbocycles. The van der Waals surface area contributed by atoms with Crippen LogP contribution in [0.4, 0.5) is 0 Å². The molecular weight excluding hydrogens is 138 g/mol. The van der Waals surface area contributed by atoms with Crippen molar-refractivity contribution in [1.82, 2.24) is 0 Å². The number of carboxylic acid groups (broad SMARTS) is 2. The minimum atomic E-state index is -1.52. The Kier molecular flexibility index (Phi) is 2.57. The van der Waals surface area contributed by atoms with Gasteiger partial charge in [0.25, 0.3) is 0 Å². The van der Waals surface area contributed by atoms with Gasteiger partial charge in [0.1, 0.15) is 6.04 Å². The monoisotopic (exact) mass is 145 g/mol. The highest BCUT2D eigenvalue weighted by Gasteiger charge is 2.20. The van der Waals surface area contributed by atoms with Crippen molar-refractivity contribution < 1.29 is 19.8 Å². The zero-order valence-electron chi connectivity index (χ0n) is 5.07. The molecule has 56 valence electrons. The zero-order valence-corrected chi connectivity index (χ0v) is 5.07. The van der Waals surface area contributed by atoms with E-state index in [0.717, 1.165) is 0 Å². The predicted octanol–water partition coefficient (Wildman–Crippen LogP) is -0.961. The molecule has 1 atom stereocenters. The highest BCUT2D eigenvalue weighted by Crippen LogP contribution is 1.95. The lowest BCUT2D eigenvalue weighted by Crippen LogP contribution is -2.34. The Morgan fingerprint density at radius 1 is 1.40 bits per heavy atom. The second-order valence-corrected chi connectivity index (χ2v) is 1.65. The van der Waals surface area contributed by atoms with Crippen LogP contribution in [0, 0.1) is 0 Å². The van der Waals surface area contributed by atoms with Crippen LogP contribution in [-0.2, 0) is 9.59 Å². The van der Waals surface area contributed by atoms with Gasteiger partial charge < -0.3 is 15.9 Å². The van der Waals surface area contributed by atoms with Crippen molar-refractivity contribution in [1.29, 1.82) is 0 Å². The lowest BCUT2D eigenvalue weighted by atomic mass is 10.1. The molecule has 5 heteroatoms. The third-order valence-electron chi connectivity index (χ3n) is 0.916. The van der Waals surface area contributed by atoms with Crippen molar-refractivity contribution in [3.8, 4) is 0 Å². The maximum atomic E-state index is 10.0. The minimum Gasteiger partial charge on any atom is -0.480 e. The zero-order chi connectivity index (χ0) is 8.31. The van der Waals surface area contributed by atoms with E-state index < -0.39 is 23.6 Å². The lowest BCUT2D eigenvalue weighted by Gasteiger charge is -2.03. The topological polar surface area (TPSA) is 101 Å². The summed E-state index contributed by atoms with van der Waals surface area (Å²) >= 11 is 0. The number of hydrogen-bond acceptors (Lipinski definition) is 3. The van der Waals surface area contributed by atoms with Gasteiger partial charge in [0.15, 0.2) is 0 Å². The summed E-state index contributed by atoms with van der Waals surface area (Å²) in [6.45, 7) is 2.97. The fourth-order valence-corrected chi connectivity index (χ4v) is 0.282. The van der Waals surface area contributed by atoms with Crippen molar-refractivity contribution in [2.24, 2.45) is 5.73 Å². The molecule has 0 heterocycles. The largest absolute Gasteiger partial charge is 0.480 e. The van der Waals surface area contributed by atoms with Gasteiger partial charge in [-0.2, -0.15) is 0 Å². The predicted molar refractivity (Wildman–Crippen MR) is 32.4 cm³/mol. The number of carboxylic acids is 2. The highest BCUT2D eigenvalue weighted by molar-refractivity contribution is 5.95. The van der Waals surface area contributed by atoms with Crippen LogP contribution in [-0.4, -0.2) is 28.2 Å². The van der Waals surface area contributed by atoms with Gasteiger partial charge in [-0.3, -0.25) is 4.79 Å². The van der Waals surface area contributed by atoms with Crippen LogP contribution in [0.5, 0.6) is 0 Å². The summed E-state index contributed by atoms with van der Waals surface area (Å²) in [6, 6.07) is -1.52. The molecule has 0 aliphatic rings. The first-order valence-electron chi connectivity index (χ1n) is 2.37. The number of rotatable bonds is 3. The third kappa shape index (κ3) is 1.87. The molecule has 5 nitrogen and oxygen atoms in total. The smallest absolute Gasteiger partial charge is 0.333 e. The second kappa shape index (κ2) is 2.98. The van der Waals surface area contributed by atoms with E-state index in [-0.39, 0.29) is 0 Å². The molecular formula is C5H7NO4. The van der Waals surface area contributed by atoms with Crippen LogP contribution >= 0.6 is 0 Å². The highest BCUT2D eigenvalue weighted by atomic mass is 16.4. The van der Waals surface area contributed by atoms with E-state index in [9.17, 15) is 9.59 Å². The molecule has 0 spiro atoms. The first kappa shape index (κ1) is 8.64. The molecule has 0 bridgehead atoms. The van der Waals surface area contributed by atoms with E-state index in [0.29, 0.717) is 0 Å². The molecule has 0 aromatic rings. The Bertz CT molecular complexity index is 186. The number of hydrogen-bond donors (Lipinski definition) is 3. The van der Waals surface area contributed by atoms with Gasteiger partial charge in [0.05, 0.1) is 5.57 Å². The molecule has 0 radical (unpaired) electrons. The van der Waals surface area contributed by atoms with Crippen molar-refractivity contribution in [2.75, 3.05) is 0 Å². The lowest BCUT2D eigenvalue weighted by molar-refractivity contribution is -0.140. The summed E-state index contributed by atoms with van der Waals surface area (Å²) in [5.74, 6) is -2.79. The van der Waals surface area contributed by atoms with Crippen LogP contribution in [0.15, 0.2) is 12.2 Å². The Morgan fingerprint density at radius 3 is 1.90 bits per heavy atom. The van der Waals surface area contributed by atoms with Crippen LogP contribution < -0.4 is 5.73 Å². The van der Waals surface area contributed by atoms with Crippen LogP contribution in [0.3, 0.4) is 0 Å². The molecule has 4 N–H and O–H groups in total. The molecule has 0 rings (SSSR count). The van der Waals surface area contributed by atoms with Crippen LogP contribution in [0.25, 0.3) is 0 Å². The Hall–Kier alpha value is -1.36. The summed E-state index contributed by atoms with van der Waals surface area (Å²) < 4.78 is 0. The molecule has 0 aliphatic heterocycles. The number of carbonyl (C=O) groups is 2. The van der Waals surface area contributed by atoms with E-state index in [2.05, 4.69) is 6.58 Å². The molecule has 1 unspecified atom stereocenters. The average Bonchev–Trinajstić information content (AvgIpc) is 1.84. The van der Waals surface area contributed by atoms with Crippen molar-refractivity contribution in [2.45, 2.75) is 6.04 Å².